The number of carbonyl (C=O) groups is 4. The van der Waals surface area contributed by atoms with Crippen LogP contribution in [-0.4, -0.2) is 213 Å². The summed E-state index contributed by atoms with van der Waals surface area (Å²) in [5, 5.41) is 48.1. The van der Waals surface area contributed by atoms with Crippen molar-refractivity contribution in [2.24, 2.45) is 0 Å². The predicted octanol–water partition coefficient (Wildman–Crippen LogP) is 6.83. The van der Waals surface area contributed by atoms with E-state index in [2.05, 4.69) is 67.5 Å². The van der Waals surface area contributed by atoms with Crippen LogP contribution in [0.1, 0.15) is 140 Å². The fourth-order valence-corrected chi connectivity index (χ4v) is 9.12. The van der Waals surface area contributed by atoms with Gasteiger partial charge in [0.15, 0.2) is 11.5 Å². The molecule has 0 aliphatic carbocycles. The summed E-state index contributed by atoms with van der Waals surface area (Å²) in [6.45, 7) is 30.5. The van der Waals surface area contributed by atoms with E-state index in [-0.39, 0.29) is 11.5 Å². The van der Waals surface area contributed by atoms with Gasteiger partial charge in [-0.1, -0.05) is 6.07 Å². The van der Waals surface area contributed by atoms with Crippen molar-refractivity contribution in [2.45, 2.75) is 163 Å². The standard InChI is InChI=1S/C61H102N22O10/c1-58(2,3)90-54(86)67-28-17-13-24-62-45-71-46(63-25-14-18-29-68-55(87)91-59(4,5)6)74-50(73-45)80-33-37-82(38-34-80)52-77-49(66-32-23-42-21-22-43(84)44(85)41-42)78-53(79-52)83-39-35-81(36-40-83)51-75-47(64-26-15-19-30-69-56(88)92-60(7,8)9)72-48(76-51)65-27-16-20-31-70-57(89)93-61(10,11)12/h21-22,41,84-85H,13-20,23-40H2,1-12H3,(H,67,86)(H,68,87)(H,69,88)(H,70,89)(H,66,77,78,79)(H2,62,63,71,73,74)(H2,64,65,72,75,76). The molecule has 0 atom stereocenters. The molecule has 32 nitrogen and oxygen atoms in total. The molecule has 0 radical (unpaired) electrons. The highest BCUT2D eigenvalue weighted by Crippen LogP contribution is 2.27. The van der Waals surface area contributed by atoms with Crippen molar-refractivity contribution in [2.75, 3.05) is 157 Å². The Labute approximate surface area is 546 Å². The lowest BCUT2D eigenvalue weighted by atomic mass is 10.1. The summed E-state index contributed by atoms with van der Waals surface area (Å²) in [7, 11) is 0. The largest absolute Gasteiger partial charge is 0.504 e. The van der Waals surface area contributed by atoms with Crippen LogP contribution in [0.15, 0.2) is 18.2 Å². The van der Waals surface area contributed by atoms with Crippen LogP contribution in [0.5, 0.6) is 11.5 Å². The SMILES string of the molecule is CC(C)(C)OC(=O)NCCCCNc1nc(NCCCCNC(=O)OC(C)(C)C)nc(N2CCN(c3nc(NCCc4ccc(O)c(O)c4)nc(N4CCN(c5nc(NCCCCNC(=O)OC(C)(C)C)nc(NCCCCNC(=O)OC(C)(C)C)n5)CC4)n3)CC2)n1. The maximum absolute atomic E-state index is 12.2. The van der Waals surface area contributed by atoms with Crippen molar-refractivity contribution >= 4 is 77.9 Å². The second-order valence-corrected chi connectivity index (χ2v) is 26.5. The van der Waals surface area contributed by atoms with Crippen molar-refractivity contribution in [1.82, 2.24) is 66.1 Å². The summed E-state index contributed by atoms with van der Waals surface area (Å²) in [6, 6.07) is 4.74. The van der Waals surface area contributed by atoms with Gasteiger partial charge in [0.2, 0.25) is 53.5 Å². The maximum atomic E-state index is 12.2. The summed E-state index contributed by atoms with van der Waals surface area (Å²) in [6.07, 6.45) is 4.38. The molecule has 1 aromatic carbocycles. The third kappa shape index (κ3) is 28.7. The van der Waals surface area contributed by atoms with E-state index in [0.717, 1.165) is 31.2 Å². The number of alkyl carbamates (subject to hydrolysis) is 4. The normalized spacial score (nSPS) is 13.8. The second-order valence-electron chi connectivity index (χ2n) is 26.5. The highest BCUT2D eigenvalue weighted by Gasteiger charge is 2.28. The number of unbranched alkanes of at least 4 members (excludes halogenated alkanes) is 4. The molecule has 4 aromatic rings. The Morgan fingerprint density at radius 2 is 0.602 bits per heavy atom. The molecule has 11 N–H and O–H groups in total. The van der Waals surface area contributed by atoms with Crippen molar-refractivity contribution in [1.29, 1.82) is 0 Å². The molecule has 2 aliphatic rings. The van der Waals surface area contributed by atoms with E-state index in [1.54, 1.807) is 6.07 Å². The summed E-state index contributed by atoms with van der Waals surface area (Å²) in [5.41, 5.74) is -1.54. The maximum Gasteiger partial charge on any atom is 0.407 e. The van der Waals surface area contributed by atoms with Gasteiger partial charge in [-0.25, -0.2) is 19.2 Å². The number of aromatic hydroxyl groups is 2. The van der Waals surface area contributed by atoms with Gasteiger partial charge in [0.1, 0.15) is 22.4 Å². The Bertz CT molecular complexity index is 2710. The Hall–Kier alpha value is -8.87. The van der Waals surface area contributed by atoms with Gasteiger partial charge in [-0.2, -0.15) is 44.9 Å². The highest BCUT2D eigenvalue weighted by molar-refractivity contribution is 5.69. The van der Waals surface area contributed by atoms with Gasteiger partial charge in [-0.15, -0.1) is 0 Å². The van der Waals surface area contributed by atoms with Crippen LogP contribution < -0.4 is 67.5 Å². The number of ether oxygens (including phenoxy) is 4. The van der Waals surface area contributed by atoms with Crippen molar-refractivity contribution < 1.29 is 48.3 Å². The quantitative estimate of drug-likeness (QED) is 0.0136. The van der Waals surface area contributed by atoms with Gasteiger partial charge in [-0.3, -0.25) is 0 Å². The van der Waals surface area contributed by atoms with Gasteiger partial charge in [-0.05, 0) is 159 Å². The first-order chi connectivity index (χ1) is 44.0. The molecule has 0 unspecified atom stereocenters. The number of hydrogen-bond acceptors (Lipinski definition) is 28. The number of nitrogens with zero attached hydrogens (tertiary/aromatic N) is 13. The molecule has 93 heavy (non-hydrogen) atoms. The van der Waals surface area contributed by atoms with E-state index in [4.69, 9.17) is 63.8 Å². The Kier molecular flexibility index (Phi) is 27.7. The van der Waals surface area contributed by atoms with Crippen molar-refractivity contribution in [3.63, 3.8) is 0 Å². The van der Waals surface area contributed by atoms with Gasteiger partial charge in [0, 0.05) is 111 Å². The lowest BCUT2D eigenvalue weighted by molar-refractivity contribution is 0.0515. The fraction of sp³-hybridized carbons (Fsp3) is 0.689. The van der Waals surface area contributed by atoms with Crippen LogP contribution in [0.3, 0.4) is 0 Å². The highest BCUT2D eigenvalue weighted by atomic mass is 16.6. The summed E-state index contributed by atoms with van der Waals surface area (Å²) < 4.78 is 21.5. The van der Waals surface area contributed by atoms with E-state index in [0.29, 0.717) is 197 Å². The minimum Gasteiger partial charge on any atom is -0.504 e. The third-order valence-electron chi connectivity index (χ3n) is 13.5. The minimum absolute atomic E-state index is 0.194. The number of piperazine rings is 2. The zero-order valence-corrected chi connectivity index (χ0v) is 56.6. The van der Waals surface area contributed by atoms with E-state index in [1.165, 1.54) is 12.1 Å². The smallest absolute Gasteiger partial charge is 0.407 e. The monoisotopic (exact) mass is 1300 g/mol. The topological polar surface area (TPSA) is 383 Å². The van der Waals surface area contributed by atoms with Crippen molar-refractivity contribution in [3.8, 4) is 11.5 Å². The molecule has 0 bridgehead atoms. The Morgan fingerprint density at radius 3 is 0.871 bits per heavy atom. The minimum atomic E-state index is -0.587. The molecular formula is C61H102N22O10. The zero-order chi connectivity index (χ0) is 67.6. The third-order valence-corrected chi connectivity index (χ3v) is 13.5. The number of amides is 4. The van der Waals surface area contributed by atoms with Gasteiger partial charge in [0.25, 0.3) is 0 Å². The number of anilines is 9. The van der Waals surface area contributed by atoms with Crippen LogP contribution in [0.4, 0.5) is 72.7 Å². The second kappa shape index (κ2) is 35.2. The lowest BCUT2D eigenvalue weighted by Crippen LogP contribution is -2.49. The average molecular weight is 1300 g/mol. The molecule has 2 saturated heterocycles. The van der Waals surface area contributed by atoms with E-state index in [1.807, 2.05) is 83.1 Å². The molecule has 516 valence electrons. The van der Waals surface area contributed by atoms with Crippen LogP contribution in [0.2, 0.25) is 0 Å². The van der Waals surface area contributed by atoms with E-state index < -0.39 is 46.8 Å². The number of nitrogens with one attached hydrogen (secondary N) is 9. The number of phenols is 2. The Balaban J connectivity index is 1.13. The Morgan fingerprint density at radius 1 is 0.355 bits per heavy atom. The predicted molar refractivity (Wildman–Crippen MR) is 358 cm³/mol. The molecule has 32 heteroatoms. The number of hydrogen-bond donors (Lipinski definition) is 11. The van der Waals surface area contributed by atoms with Crippen molar-refractivity contribution in [3.05, 3.63) is 23.8 Å². The van der Waals surface area contributed by atoms with Crippen LogP contribution in [0.25, 0.3) is 0 Å². The van der Waals surface area contributed by atoms with Crippen LogP contribution >= 0.6 is 0 Å². The molecule has 0 spiro atoms. The number of aromatic nitrogens is 9. The average Bonchev–Trinajstić information content (AvgIpc) is 0.965. The molecule has 6 rings (SSSR count). The first-order valence-corrected chi connectivity index (χ1v) is 32.4. The summed E-state index contributed by atoms with van der Waals surface area (Å²) >= 11 is 0. The van der Waals surface area contributed by atoms with Crippen LogP contribution in [0, 0.1) is 0 Å². The molecule has 2 aliphatic heterocycles. The van der Waals surface area contributed by atoms with Gasteiger partial charge in [0.05, 0.1) is 0 Å². The molecule has 4 amide bonds. The molecule has 3 aromatic heterocycles. The number of rotatable bonds is 32. The number of phenolic OH excluding ortho intramolecular Hbond substituents is 2. The zero-order valence-electron chi connectivity index (χ0n) is 56.6. The summed E-state index contributed by atoms with van der Waals surface area (Å²) in [4.78, 5) is 101. The first kappa shape index (κ1) is 73.2. The van der Waals surface area contributed by atoms with Gasteiger partial charge >= 0.3 is 24.4 Å². The molecule has 0 saturated carbocycles. The van der Waals surface area contributed by atoms with E-state index >= 15 is 0 Å². The fourth-order valence-electron chi connectivity index (χ4n) is 9.12. The van der Waals surface area contributed by atoms with Gasteiger partial charge < -0.3 is 96.6 Å². The molecule has 5 heterocycles. The summed E-state index contributed by atoms with van der Waals surface area (Å²) in [5.74, 6) is 3.54. The van der Waals surface area contributed by atoms with E-state index in [9.17, 15) is 29.4 Å². The van der Waals surface area contributed by atoms with Crippen LogP contribution in [-0.2, 0) is 25.4 Å². The molecule has 2 fully saturated rings. The number of carbonyl (C=O) groups excluding carboxylic acids is 4. The first-order valence-electron chi connectivity index (χ1n) is 32.4. The number of benzene rings is 1. The molecular weight excluding hydrogens is 1200 g/mol. The lowest BCUT2D eigenvalue weighted by Gasteiger charge is -2.36.